The van der Waals surface area contributed by atoms with Gasteiger partial charge in [-0.2, -0.15) is 0 Å². The quantitative estimate of drug-likeness (QED) is 0.856. The standard InChI is InChI=1S/C19H23N3O2/c1-14-10-17(20-12-14)19(24)21-16-11-18(23)22(13-16)9-5-8-15-6-3-2-4-7-15/h2-4,6-7,10,12,16,20H,5,8-9,11,13H2,1H3,(H,21,24). The van der Waals surface area contributed by atoms with E-state index in [4.69, 9.17) is 0 Å². The van der Waals surface area contributed by atoms with E-state index in [2.05, 4.69) is 22.4 Å². The van der Waals surface area contributed by atoms with Gasteiger partial charge in [0.1, 0.15) is 5.69 Å². The van der Waals surface area contributed by atoms with Crippen molar-refractivity contribution < 1.29 is 9.59 Å². The Morgan fingerprint density at radius 3 is 2.83 bits per heavy atom. The average Bonchev–Trinajstić information content (AvgIpc) is 3.15. The van der Waals surface area contributed by atoms with E-state index in [1.807, 2.05) is 36.1 Å². The number of amides is 2. The van der Waals surface area contributed by atoms with Gasteiger partial charge < -0.3 is 15.2 Å². The molecule has 1 fully saturated rings. The maximum atomic E-state index is 12.2. The molecule has 1 aliphatic heterocycles. The molecule has 0 bridgehead atoms. The first kappa shape index (κ1) is 16.3. The van der Waals surface area contributed by atoms with Gasteiger partial charge in [0.05, 0.1) is 6.04 Å². The Hall–Kier alpha value is -2.56. The first-order valence-electron chi connectivity index (χ1n) is 8.39. The Balaban J connectivity index is 1.46. The molecule has 1 aliphatic rings. The number of carbonyl (C=O) groups is 2. The first-order valence-corrected chi connectivity index (χ1v) is 8.39. The predicted molar refractivity (Wildman–Crippen MR) is 92.7 cm³/mol. The maximum absolute atomic E-state index is 12.2. The highest BCUT2D eigenvalue weighted by molar-refractivity contribution is 5.93. The van der Waals surface area contributed by atoms with Gasteiger partial charge in [0, 0.05) is 25.7 Å². The van der Waals surface area contributed by atoms with E-state index in [1.54, 1.807) is 6.20 Å². The summed E-state index contributed by atoms with van der Waals surface area (Å²) in [6.07, 6.45) is 4.08. The van der Waals surface area contributed by atoms with Crippen LogP contribution in [0.25, 0.3) is 0 Å². The van der Waals surface area contributed by atoms with E-state index >= 15 is 0 Å². The summed E-state index contributed by atoms with van der Waals surface area (Å²) in [6, 6.07) is 12.0. The fraction of sp³-hybridized carbons (Fsp3) is 0.368. The number of H-pyrrole nitrogens is 1. The maximum Gasteiger partial charge on any atom is 0.267 e. The molecule has 1 aromatic heterocycles. The van der Waals surface area contributed by atoms with E-state index in [1.165, 1.54) is 5.56 Å². The van der Waals surface area contributed by atoms with Gasteiger partial charge in [-0.15, -0.1) is 0 Å². The SMILES string of the molecule is Cc1c[nH]c(C(=O)NC2CC(=O)N(CCCc3ccccc3)C2)c1. The number of likely N-dealkylation sites (tertiary alicyclic amines) is 1. The van der Waals surface area contributed by atoms with Crippen LogP contribution >= 0.6 is 0 Å². The van der Waals surface area contributed by atoms with Crippen molar-refractivity contribution >= 4 is 11.8 Å². The highest BCUT2D eigenvalue weighted by Gasteiger charge is 2.30. The highest BCUT2D eigenvalue weighted by Crippen LogP contribution is 2.14. The van der Waals surface area contributed by atoms with E-state index in [0.717, 1.165) is 24.9 Å². The number of rotatable bonds is 6. The number of nitrogens with one attached hydrogen (secondary N) is 2. The fourth-order valence-corrected chi connectivity index (χ4v) is 3.10. The van der Waals surface area contributed by atoms with Gasteiger partial charge in [-0.05, 0) is 37.0 Å². The van der Waals surface area contributed by atoms with Gasteiger partial charge in [0.25, 0.3) is 5.91 Å². The molecule has 126 valence electrons. The number of benzene rings is 1. The first-order chi connectivity index (χ1) is 11.6. The van der Waals surface area contributed by atoms with Crippen LogP contribution in [0.3, 0.4) is 0 Å². The van der Waals surface area contributed by atoms with Gasteiger partial charge >= 0.3 is 0 Å². The molecular formula is C19H23N3O2. The Bertz CT molecular complexity index is 708. The summed E-state index contributed by atoms with van der Waals surface area (Å²) >= 11 is 0. The second-order valence-electron chi connectivity index (χ2n) is 6.39. The number of aryl methyl sites for hydroxylation is 2. The fourth-order valence-electron chi connectivity index (χ4n) is 3.10. The number of nitrogens with zero attached hydrogens (tertiary/aromatic N) is 1. The second-order valence-corrected chi connectivity index (χ2v) is 6.39. The van der Waals surface area contributed by atoms with Gasteiger partial charge in [-0.3, -0.25) is 9.59 Å². The van der Waals surface area contributed by atoms with Crippen LogP contribution in [0, 0.1) is 6.92 Å². The van der Waals surface area contributed by atoms with E-state index < -0.39 is 0 Å². The van der Waals surface area contributed by atoms with Crippen molar-refractivity contribution in [1.82, 2.24) is 15.2 Å². The largest absolute Gasteiger partial charge is 0.357 e. The third kappa shape index (κ3) is 4.04. The monoisotopic (exact) mass is 325 g/mol. The minimum atomic E-state index is -0.146. The predicted octanol–water partition coefficient (Wildman–Crippen LogP) is 2.29. The number of carbonyl (C=O) groups excluding carboxylic acids is 2. The molecule has 1 saturated heterocycles. The molecule has 2 N–H and O–H groups in total. The number of aromatic amines is 1. The minimum absolute atomic E-state index is 0.106. The van der Waals surface area contributed by atoms with Crippen molar-refractivity contribution in [3.8, 4) is 0 Å². The third-order valence-electron chi connectivity index (χ3n) is 4.36. The summed E-state index contributed by atoms with van der Waals surface area (Å²) in [5.41, 5.74) is 2.85. The molecule has 0 saturated carbocycles. The molecule has 3 rings (SSSR count). The molecule has 1 unspecified atom stereocenters. The van der Waals surface area contributed by atoms with Crippen LogP contribution in [-0.4, -0.2) is 40.8 Å². The summed E-state index contributed by atoms with van der Waals surface area (Å²) < 4.78 is 0. The lowest BCUT2D eigenvalue weighted by molar-refractivity contribution is -0.127. The number of hydrogen-bond acceptors (Lipinski definition) is 2. The molecule has 1 atom stereocenters. The zero-order chi connectivity index (χ0) is 16.9. The summed E-state index contributed by atoms with van der Waals surface area (Å²) in [4.78, 5) is 29.1. The van der Waals surface area contributed by atoms with Crippen LogP contribution in [0.4, 0.5) is 0 Å². The zero-order valence-corrected chi connectivity index (χ0v) is 13.9. The molecule has 0 radical (unpaired) electrons. The molecule has 0 aliphatic carbocycles. The van der Waals surface area contributed by atoms with Crippen molar-refractivity contribution in [2.75, 3.05) is 13.1 Å². The summed E-state index contributed by atoms with van der Waals surface area (Å²) in [5.74, 6) is -0.0249. The van der Waals surface area contributed by atoms with Crippen molar-refractivity contribution in [3.05, 3.63) is 59.4 Å². The third-order valence-corrected chi connectivity index (χ3v) is 4.36. The lowest BCUT2D eigenvalue weighted by Gasteiger charge is -2.17. The second kappa shape index (κ2) is 7.34. The van der Waals surface area contributed by atoms with Crippen LogP contribution in [0.2, 0.25) is 0 Å². The Labute approximate surface area is 142 Å². The Kier molecular flexibility index (Phi) is 4.99. The molecule has 5 nitrogen and oxygen atoms in total. The Morgan fingerprint density at radius 1 is 1.33 bits per heavy atom. The molecular weight excluding hydrogens is 302 g/mol. The van der Waals surface area contributed by atoms with Gasteiger partial charge in [0.15, 0.2) is 0 Å². The molecule has 2 heterocycles. The van der Waals surface area contributed by atoms with Crippen LogP contribution in [0.15, 0.2) is 42.6 Å². The average molecular weight is 325 g/mol. The van der Waals surface area contributed by atoms with Gasteiger partial charge in [0.2, 0.25) is 5.91 Å². The molecule has 5 heteroatoms. The van der Waals surface area contributed by atoms with E-state index in [0.29, 0.717) is 18.7 Å². The van der Waals surface area contributed by atoms with Crippen molar-refractivity contribution in [2.45, 2.75) is 32.2 Å². The number of aromatic nitrogens is 1. The molecule has 2 aromatic rings. The molecule has 0 spiro atoms. The summed E-state index contributed by atoms with van der Waals surface area (Å²) in [7, 11) is 0. The zero-order valence-electron chi connectivity index (χ0n) is 13.9. The van der Waals surface area contributed by atoms with Crippen molar-refractivity contribution in [3.63, 3.8) is 0 Å². The topological polar surface area (TPSA) is 65.2 Å². The highest BCUT2D eigenvalue weighted by atomic mass is 16.2. The van der Waals surface area contributed by atoms with E-state index in [9.17, 15) is 9.59 Å². The molecule has 1 aromatic carbocycles. The lowest BCUT2D eigenvalue weighted by atomic mass is 10.1. The van der Waals surface area contributed by atoms with Crippen LogP contribution in [0.1, 0.15) is 34.5 Å². The molecule has 2 amide bonds. The van der Waals surface area contributed by atoms with Gasteiger partial charge in [-0.25, -0.2) is 0 Å². The van der Waals surface area contributed by atoms with Gasteiger partial charge in [-0.1, -0.05) is 30.3 Å². The normalized spacial score (nSPS) is 17.3. The lowest BCUT2D eigenvalue weighted by Crippen LogP contribution is -2.37. The molecule has 24 heavy (non-hydrogen) atoms. The summed E-state index contributed by atoms with van der Waals surface area (Å²) in [5, 5.41) is 2.94. The van der Waals surface area contributed by atoms with Crippen molar-refractivity contribution in [2.24, 2.45) is 0 Å². The van der Waals surface area contributed by atoms with E-state index in [-0.39, 0.29) is 17.9 Å². The van der Waals surface area contributed by atoms with Crippen LogP contribution in [-0.2, 0) is 11.2 Å². The number of hydrogen-bond donors (Lipinski definition) is 2. The van der Waals surface area contributed by atoms with Crippen molar-refractivity contribution in [1.29, 1.82) is 0 Å². The Morgan fingerprint density at radius 2 is 2.12 bits per heavy atom. The summed E-state index contributed by atoms with van der Waals surface area (Å²) in [6.45, 7) is 3.27. The van der Waals surface area contributed by atoms with Crippen LogP contribution < -0.4 is 5.32 Å². The smallest absolute Gasteiger partial charge is 0.267 e. The minimum Gasteiger partial charge on any atom is -0.357 e. The van der Waals surface area contributed by atoms with Crippen LogP contribution in [0.5, 0.6) is 0 Å².